The summed E-state index contributed by atoms with van der Waals surface area (Å²) < 4.78 is 0. The third-order valence-corrected chi connectivity index (χ3v) is 5.43. The van der Waals surface area contributed by atoms with Gasteiger partial charge in [0, 0.05) is 38.0 Å². The largest absolute Gasteiger partial charge is 0.334 e. The molecule has 0 bridgehead atoms. The third-order valence-electron chi connectivity index (χ3n) is 4.43. The van der Waals surface area contributed by atoms with Crippen LogP contribution in [0.4, 0.5) is 10.8 Å². The van der Waals surface area contributed by atoms with E-state index < -0.39 is 6.04 Å². The van der Waals surface area contributed by atoms with E-state index in [4.69, 9.17) is 11.6 Å². The van der Waals surface area contributed by atoms with Crippen molar-refractivity contribution in [2.75, 3.05) is 23.8 Å². The van der Waals surface area contributed by atoms with Gasteiger partial charge in [-0.1, -0.05) is 23.7 Å². The standard InChI is InChI=1S/C18H19ClN4O3S/c1-22(16(25)7-6-15(24)21-18-20-9-11-27-18)14-8-10-23(17(14)26)13-5-3-2-4-12(13)19/h2-5,9,11,14H,6-8,10H2,1H3,(H,20,21,24). The first-order valence-corrected chi connectivity index (χ1v) is 9.74. The Bertz CT molecular complexity index is 843. The van der Waals surface area contributed by atoms with Crippen LogP contribution in [0.15, 0.2) is 35.8 Å². The van der Waals surface area contributed by atoms with Crippen LogP contribution in [-0.4, -0.2) is 47.2 Å². The van der Waals surface area contributed by atoms with Crippen molar-refractivity contribution in [2.24, 2.45) is 0 Å². The zero-order chi connectivity index (χ0) is 19.4. The number of carbonyl (C=O) groups is 3. The number of hydrogen-bond donors (Lipinski definition) is 1. The van der Waals surface area contributed by atoms with E-state index in [0.29, 0.717) is 28.8 Å². The molecular weight excluding hydrogens is 388 g/mol. The number of halogens is 1. The normalized spacial score (nSPS) is 16.4. The Labute approximate surface area is 165 Å². The van der Waals surface area contributed by atoms with Crippen LogP contribution in [0.25, 0.3) is 0 Å². The molecule has 27 heavy (non-hydrogen) atoms. The molecule has 0 spiro atoms. The molecule has 1 aromatic carbocycles. The van der Waals surface area contributed by atoms with Crippen LogP contribution in [0.5, 0.6) is 0 Å². The summed E-state index contributed by atoms with van der Waals surface area (Å²) in [5.41, 5.74) is 0.648. The van der Waals surface area contributed by atoms with Crippen LogP contribution in [-0.2, 0) is 14.4 Å². The Hall–Kier alpha value is -2.45. The van der Waals surface area contributed by atoms with Crippen LogP contribution < -0.4 is 10.2 Å². The van der Waals surface area contributed by atoms with Gasteiger partial charge in [0.2, 0.25) is 17.7 Å². The lowest BCUT2D eigenvalue weighted by molar-refractivity contribution is -0.137. The van der Waals surface area contributed by atoms with E-state index in [9.17, 15) is 14.4 Å². The molecule has 0 saturated carbocycles. The van der Waals surface area contributed by atoms with Crippen molar-refractivity contribution >= 4 is 51.5 Å². The fourth-order valence-corrected chi connectivity index (χ4v) is 3.75. The minimum atomic E-state index is -0.546. The maximum Gasteiger partial charge on any atom is 0.249 e. The number of aromatic nitrogens is 1. The molecule has 1 aliphatic rings. The molecule has 142 valence electrons. The predicted molar refractivity (Wildman–Crippen MR) is 105 cm³/mol. The van der Waals surface area contributed by atoms with E-state index in [-0.39, 0.29) is 30.6 Å². The first-order chi connectivity index (χ1) is 13.0. The molecule has 7 nitrogen and oxygen atoms in total. The molecule has 3 rings (SSSR count). The molecule has 1 N–H and O–H groups in total. The molecule has 1 unspecified atom stereocenters. The Morgan fingerprint density at radius 1 is 1.37 bits per heavy atom. The Balaban J connectivity index is 1.55. The maximum absolute atomic E-state index is 12.7. The molecule has 0 radical (unpaired) electrons. The van der Waals surface area contributed by atoms with Gasteiger partial charge in [-0.3, -0.25) is 14.4 Å². The molecule has 1 aromatic heterocycles. The van der Waals surface area contributed by atoms with Crippen molar-refractivity contribution in [3.63, 3.8) is 0 Å². The van der Waals surface area contributed by atoms with Gasteiger partial charge < -0.3 is 15.1 Å². The highest BCUT2D eigenvalue weighted by Crippen LogP contribution is 2.30. The minimum absolute atomic E-state index is 0.0313. The zero-order valence-electron chi connectivity index (χ0n) is 14.7. The number of likely N-dealkylation sites (N-methyl/N-ethyl adjacent to an activating group) is 1. The van der Waals surface area contributed by atoms with Gasteiger partial charge in [-0.15, -0.1) is 11.3 Å². The zero-order valence-corrected chi connectivity index (χ0v) is 16.3. The van der Waals surface area contributed by atoms with Gasteiger partial charge in [-0.2, -0.15) is 0 Å². The molecule has 2 heterocycles. The van der Waals surface area contributed by atoms with Crippen LogP contribution in [0.3, 0.4) is 0 Å². The number of benzene rings is 1. The van der Waals surface area contributed by atoms with Gasteiger partial charge in [0.25, 0.3) is 0 Å². The third kappa shape index (κ3) is 4.45. The van der Waals surface area contributed by atoms with E-state index in [2.05, 4.69) is 10.3 Å². The number of hydrogen-bond acceptors (Lipinski definition) is 5. The van der Waals surface area contributed by atoms with Gasteiger partial charge in [0.15, 0.2) is 5.13 Å². The molecule has 1 atom stereocenters. The molecule has 3 amide bonds. The molecule has 1 saturated heterocycles. The van der Waals surface area contributed by atoms with Crippen molar-refractivity contribution in [3.05, 3.63) is 40.9 Å². The fraction of sp³-hybridized carbons (Fsp3) is 0.333. The number of nitrogens with zero attached hydrogens (tertiary/aromatic N) is 3. The summed E-state index contributed by atoms with van der Waals surface area (Å²) in [7, 11) is 1.60. The monoisotopic (exact) mass is 406 g/mol. The number of nitrogens with one attached hydrogen (secondary N) is 1. The summed E-state index contributed by atoms with van der Waals surface area (Å²) in [5, 5.41) is 5.39. The van der Waals surface area contributed by atoms with Gasteiger partial charge >= 0.3 is 0 Å². The van der Waals surface area contributed by atoms with Crippen molar-refractivity contribution < 1.29 is 14.4 Å². The van der Waals surface area contributed by atoms with E-state index in [1.54, 1.807) is 41.7 Å². The average Bonchev–Trinajstić information content (AvgIpc) is 3.29. The van der Waals surface area contributed by atoms with Crippen LogP contribution in [0.1, 0.15) is 19.3 Å². The molecule has 1 aliphatic heterocycles. The highest BCUT2D eigenvalue weighted by Gasteiger charge is 2.37. The van der Waals surface area contributed by atoms with Crippen molar-refractivity contribution in [2.45, 2.75) is 25.3 Å². The van der Waals surface area contributed by atoms with Gasteiger partial charge in [-0.05, 0) is 18.6 Å². The Morgan fingerprint density at radius 2 is 2.15 bits per heavy atom. The summed E-state index contributed by atoms with van der Waals surface area (Å²) in [5.74, 6) is -0.683. The second-order valence-corrected chi connectivity index (χ2v) is 7.44. The molecule has 1 fully saturated rings. The first kappa shape index (κ1) is 19.3. The topological polar surface area (TPSA) is 82.6 Å². The van der Waals surface area contributed by atoms with Gasteiger partial charge in [-0.25, -0.2) is 4.98 Å². The fourth-order valence-electron chi connectivity index (χ4n) is 2.97. The van der Waals surface area contributed by atoms with Gasteiger partial charge in [0.1, 0.15) is 6.04 Å². The van der Waals surface area contributed by atoms with E-state index in [1.807, 2.05) is 6.07 Å². The summed E-state index contributed by atoms with van der Waals surface area (Å²) in [6.45, 7) is 0.495. The number of amides is 3. The van der Waals surface area contributed by atoms with Crippen LogP contribution in [0, 0.1) is 0 Å². The van der Waals surface area contributed by atoms with E-state index in [0.717, 1.165) is 0 Å². The number of carbonyl (C=O) groups excluding carboxylic acids is 3. The summed E-state index contributed by atoms with van der Waals surface area (Å²) in [6, 6.07) is 6.59. The second kappa shape index (κ2) is 8.49. The van der Waals surface area contributed by atoms with Crippen molar-refractivity contribution in [1.82, 2.24) is 9.88 Å². The van der Waals surface area contributed by atoms with Gasteiger partial charge in [0.05, 0.1) is 10.7 Å². The highest BCUT2D eigenvalue weighted by atomic mass is 35.5. The highest BCUT2D eigenvalue weighted by molar-refractivity contribution is 7.13. The number of anilines is 2. The molecule has 2 aromatic rings. The second-order valence-electron chi connectivity index (χ2n) is 6.14. The smallest absolute Gasteiger partial charge is 0.249 e. The molecule has 9 heteroatoms. The Kier molecular flexibility index (Phi) is 6.08. The number of thiazole rings is 1. The molecular formula is C18H19ClN4O3S. The lowest BCUT2D eigenvalue weighted by Crippen LogP contribution is -2.43. The van der Waals surface area contributed by atoms with Crippen LogP contribution in [0.2, 0.25) is 5.02 Å². The van der Waals surface area contributed by atoms with E-state index >= 15 is 0 Å². The predicted octanol–water partition coefficient (Wildman–Crippen LogP) is 2.78. The summed E-state index contributed by atoms with van der Waals surface area (Å²) in [4.78, 5) is 44.1. The number of para-hydroxylation sites is 1. The summed E-state index contributed by atoms with van der Waals surface area (Å²) >= 11 is 7.49. The lowest BCUT2D eigenvalue weighted by Gasteiger charge is -2.24. The minimum Gasteiger partial charge on any atom is -0.334 e. The SMILES string of the molecule is CN(C(=O)CCC(=O)Nc1nccs1)C1CCN(c2ccccc2Cl)C1=O. The first-order valence-electron chi connectivity index (χ1n) is 8.48. The average molecular weight is 407 g/mol. The maximum atomic E-state index is 12.7. The lowest BCUT2D eigenvalue weighted by atomic mass is 10.2. The number of rotatable bonds is 6. The Morgan fingerprint density at radius 3 is 2.85 bits per heavy atom. The summed E-state index contributed by atoms with van der Waals surface area (Å²) in [6.07, 6.45) is 2.19. The quantitative estimate of drug-likeness (QED) is 0.799. The van der Waals surface area contributed by atoms with Crippen LogP contribution >= 0.6 is 22.9 Å². The molecule has 0 aliphatic carbocycles. The van der Waals surface area contributed by atoms with Crippen molar-refractivity contribution in [3.8, 4) is 0 Å². The van der Waals surface area contributed by atoms with Crippen molar-refractivity contribution in [1.29, 1.82) is 0 Å². The van der Waals surface area contributed by atoms with E-state index in [1.165, 1.54) is 16.2 Å².